The molecular weight excluding hydrogens is 437 g/mol. The molecule has 0 aliphatic carbocycles. The normalized spacial score (nSPS) is 23.2. The van der Waals surface area contributed by atoms with E-state index in [0.717, 1.165) is 56.8 Å². The molecule has 2 saturated heterocycles. The van der Waals surface area contributed by atoms with Crippen molar-refractivity contribution in [2.45, 2.75) is 33.0 Å². The molecule has 2 atom stereocenters. The van der Waals surface area contributed by atoms with E-state index in [0.29, 0.717) is 18.4 Å². The van der Waals surface area contributed by atoms with Crippen molar-refractivity contribution in [1.29, 1.82) is 0 Å². The number of anilines is 1. The minimum Gasteiger partial charge on any atom is -0.491 e. The van der Waals surface area contributed by atoms with Crippen LogP contribution in [-0.4, -0.2) is 71.6 Å². The number of piperidine rings is 1. The summed E-state index contributed by atoms with van der Waals surface area (Å²) in [5.41, 5.74) is 0.475. The standard InChI is InChI=1S/C22H29F3N6O2/c1-4-18(20(26-3)22(23,24)25)33-13-15-5-14(2)8-30(9-15)19-7-27-17-6-28-31(21(17)29-19)10-16-11-32-12-16/h4,6-7,14-16H,5,8-13H2,1-3H3/b18-4+,26-20?. The first-order valence-electron chi connectivity index (χ1n) is 11.1. The van der Waals surface area contributed by atoms with Crippen LogP contribution in [0.2, 0.25) is 0 Å². The van der Waals surface area contributed by atoms with Gasteiger partial charge in [-0.2, -0.15) is 18.3 Å². The molecule has 0 N–H and O–H groups in total. The first-order chi connectivity index (χ1) is 15.8. The second kappa shape index (κ2) is 9.66. The molecule has 2 aromatic rings. The second-order valence-electron chi connectivity index (χ2n) is 8.81. The number of fused-ring (bicyclic) bond motifs is 1. The Kier molecular flexibility index (Phi) is 6.87. The maximum absolute atomic E-state index is 13.2. The number of hydrogen-bond acceptors (Lipinski definition) is 7. The van der Waals surface area contributed by atoms with Gasteiger partial charge in [0, 0.05) is 32.0 Å². The fraction of sp³-hybridized carbons (Fsp3) is 0.636. The third-order valence-corrected chi connectivity index (χ3v) is 6.00. The predicted molar refractivity (Wildman–Crippen MR) is 118 cm³/mol. The Bertz CT molecular complexity index is 1030. The molecule has 0 saturated carbocycles. The number of ether oxygens (including phenoxy) is 2. The molecule has 0 radical (unpaired) electrons. The van der Waals surface area contributed by atoms with Crippen LogP contribution >= 0.6 is 0 Å². The van der Waals surface area contributed by atoms with Crippen LogP contribution in [0.25, 0.3) is 11.2 Å². The number of alkyl halides is 3. The van der Waals surface area contributed by atoms with Gasteiger partial charge < -0.3 is 14.4 Å². The molecule has 2 unspecified atom stereocenters. The predicted octanol–water partition coefficient (Wildman–Crippen LogP) is 3.49. The van der Waals surface area contributed by atoms with Gasteiger partial charge in [0.2, 0.25) is 0 Å². The highest BCUT2D eigenvalue weighted by Crippen LogP contribution is 2.28. The number of aliphatic imine (C=N–C) groups is 1. The number of aromatic nitrogens is 4. The fourth-order valence-electron chi connectivity index (χ4n) is 4.42. The summed E-state index contributed by atoms with van der Waals surface area (Å²) in [5.74, 6) is 1.31. The van der Waals surface area contributed by atoms with Gasteiger partial charge in [-0.3, -0.25) is 4.99 Å². The quantitative estimate of drug-likeness (QED) is 0.459. The monoisotopic (exact) mass is 466 g/mol. The van der Waals surface area contributed by atoms with Crippen molar-refractivity contribution in [3.05, 3.63) is 24.2 Å². The second-order valence-corrected chi connectivity index (χ2v) is 8.81. The average molecular weight is 467 g/mol. The highest BCUT2D eigenvalue weighted by atomic mass is 19.4. The molecule has 4 heterocycles. The summed E-state index contributed by atoms with van der Waals surface area (Å²) in [5, 5.41) is 4.42. The van der Waals surface area contributed by atoms with Crippen molar-refractivity contribution in [3.8, 4) is 0 Å². The van der Waals surface area contributed by atoms with Crippen LogP contribution in [0, 0.1) is 17.8 Å². The van der Waals surface area contributed by atoms with Crippen molar-refractivity contribution in [1.82, 2.24) is 19.7 Å². The lowest BCUT2D eigenvalue weighted by Crippen LogP contribution is -2.42. The SMILES string of the molecule is C/C=C(/OCC1CC(C)CN(c2cnc3cnn(CC4COC4)c3n2)C1)C(=NC)C(F)(F)F. The first-order valence-corrected chi connectivity index (χ1v) is 11.1. The molecule has 0 bridgehead atoms. The van der Waals surface area contributed by atoms with Gasteiger partial charge in [0.15, 0.2) is 11.4 Å². The van der Waals surface area contributed by atoms with Crippen LogP contribution in [-0.2, 0) is 16.0 Å². The number of rotatable bonds is 7. The topological polar surface area (TPSA) is 77.7 Å². The third-order valence-electron chi connectivity index (χ3n) is 6.00. The maximum atomic E-state index is 13.2. The molecular formula is C22H29F3N6O2. The van der Waals surface area contributed by atoms with Crippen LogP contribution < -0.4 is 4.90 Å². The molecule has 11 heteroatoms. The Labute approximate surface area is 190 Å². The van der Waals surface area contributed by atoms with E-state index in [1.54, 1.807) is 12.4 Å². The highest BCUT2D eigenvalue weighted by Gasteiger charge is 2.39. The lowest BCUT2D eigenvalue weighted by Gasteiger charge is -2.37. The largest absolute Gasteiger partial charge is 0.491 e. The minimum absolute atomic E-state index is 0.0459. The Morgan fingerprint density at radius 3 is 2.70 bits per heavy atom. The molecule has 2 aliphatic heterocycles. The minimum atomic E-state index is -4.55. The van der Waals surface area contributed by atoms with Crippen molar-refractivity contribution in [2.75, 3.05) is 44.9 Å². The molecule has 4 rings (SSSR count). The van der Waals surface area contributed by atoms with Gasteiger partial charge in [0.05, 0.1) is 38.8 Å². The number of nitrogens with zero attached hydrogens (tertiary/aromatic N) is 6. The molecule has 8 nitrogen and oxygen atoms in total. The highest BCUT2D eigenvalue weighted by molar-refractivity contribution is 6.02. The van der Waals surface area contributed by atoms with Crippen LogP contribution in [0.1, 0.15) is 20.3 Å². The Morgan fingerprint density at radius 2 is 2.06 bits per heavy atom. The zero-order valence-electron chi connectivity index (χ0n) is 19.0. The molecule has 33 heavy (non-hydrogen) atoms. The van der Waals surface area contributed by atoms with Crippen LogP contribution in [0.3, 0.4) is 0 Å². The van der Waals surface area contributed by atoms with E-state index in [4.69, 9.17) is 14.5 Å². The summed E-state index contributed by atoms with van der Waals surface area (Å²) in [6.07, 6.45) is 1.07. The van der Waals surface area contributed by atoms with E-state index in [1.165, 1.54) is 13.0 Å². The molecule has 0 spiro atoms. The van der Waals surface area contributed by atoms with Crippen molar-refractivity contribution in [2.24, 2.45) is 22.7 Å². The zero-order chi connectivity index (χ0) is 23.6. The van der Waals surface area contributed by atoms with Gasteiger partial charge in [0.1, 0.15) is 17.1 Å². The summed E-state index contributed by atoms with van der Waals surface area (Å²) in [6, 6.07) is 0. The number of allylic oxidation sites excluding steroid dienone is 2. The maximum Gasteiger partial charge on any atom is 0.436 e. The summed E-state index contributed by atoms with van der Waals surface area (Å²) < 4.78 is 52.4. The lowest BCUT2D eigenvalue weighted by molar-refractivity contribution is -0.0611. The summed E-state index contributed by atoms with van der Waals surface area (Å²) in [4.78, 5) is 14.9. The zero-order valence-corrected chi connectivity index (χ0v) is 19.0. The van der Waals surface area contributed by atoms with Gasteiger partial charge in [-0.25, -0.2) is 14.6 Å². The molecule has 0 aromatic carbocycles. The van der Waals surface area contributed by atoms with E-state index < -0.39 is 11.9 Å². The number of hydrogen-bond donors (Lipinski definition) is 0. The van der Waals surface area contributed by atoms with E-state index in [2.05, 4.69) is 26.9 Å². The first kappa shape index (κ1) is 23.5. The van der Waals surface area contributed by atoms with Gasteiger partial charge in [-0.05, 0) is 25.3 Å². The van der Waals surface area contributed by atoms with Gasteiger partial charge in [-0.15, -0.1) is 0 Å². The molecule has 180 valence electrons. The Balaban J connectivity index is 1.46. The molecule has 2 fully saturated rings. The van der Waals surface area contributed by atoms with Crippen LogP contribution in [0.5, 0.6) is 0 Å². The lowest BCUT2D eigenvalue weighted by atomic mass is 9.91. The Hall–Kier alpha value is -2.69. The molecule has 0 amide bonds. The molecule has 2 aromatic heterocycles. The van der Waals surface area contributed by atoms with Gasteiger partial charge in [-0.1, -0.05) is 6.92 Å². The van der Waals surface area contributed by atoms with Crippen LogP contribution in [0.15, 0.2) is 29.2 Å². The summed E-state index contributed by atoms with van der Waals surface area (Å²) in [7, 11) is 1.12. The third kappa shape index (κ3) is 5.29. The van der Waals surface area contributed by atoms with E-state index in [-0.39, 0.29) is 18.3 Å². The summed E-state index contributed by atoms with van der Waals surface area (Å²) >= 11 is 0. The average Bonchev–Trinajstić information content (AvgIpc) is 3.14. The fourth-order valence-corrected chi connectivity index (χ4v) is 4.42. The van der Waals surface area contributed by atoms with Crippen molar-refractivity contribution >= 4 is 22.7 Å². The van der Waals surface area contributed by atoms with Crippen LogP contribution in [0.4, 0.5) is 19.0 Å². The van der Waals surface area contributed by atoms with Gasteiger partial charge in [0.25, 0.3) is 0 Å². The summed E-state index contributed by atoms with van der Waals surface area (Å²) in [6.45, 7) is 7.42. The van der Waals surface area contributed by atoms with E-state index in [9.17, 15) is 13.2 Å². The van der Waals surface area contributed by atoms with E-state index in [1.807, 2.05) is 4.68 Å². The molecule has 2 aliphatic rings. The van der Waals surface area contributed by atoms with E-state index >= 15 is 0 Å². The smallest absolute Gasteiger partial charge is 0.436 e. The van der Waals surface area contributed by atoms with Crippen molar-refractivity contribution < 1.29 is 22.6 Å². The van der Waals surface area contributed by atoms with Crippen molar-refractivity contribution in [3.63, 3.8) is 0 Å². The number of halogens is 3. The Morgan fingerprint density at radius 1 is 1.27 bits per heavy atom. The van der Waals surface area contributed by atoms with Gasteiger partial charge >= 0.3 is 6.18 Å².